The first-order chi connectivity index (χ1) is 14.7. The quantitative estimate of drug-likeness (QED) is 0.581. The number of ether oxygens (including phenoxy) is 2. The summed E-state index contributed by atoms with van der Waals surface area (Å²) in [6, 6.07) is 6.28. The van der Waals surface area contributed by atoms with Gasteiger partial charge in [-0.2, -0.15) is 0 Å². The summed E-state index contributed by atoms with van der Waals surface area (Å²) in [5.74, 6) is 3.77. The molecule has 8 heteroatoms. The molecule has 2 aliphatic heterocycles. The fraction of sp³-hybridized carbons (Fsp3) is 0.478. The van der Waals surface area contributed by atoms with Crippen LogP contribution in [0.5, 0.6) is 11.5 Å². The van der Waals surface area contributed by atoms with Crippen LogP contribution in [0.3, 0.4) is 0 Å². The van der Waals surface area contributed by atoms with Crippen molar-refractivity contribution in [2.75, 3.05) is 37.9 Å². The molecule has 0 amide bonds. The van der Waals surface area contributed by atoms with Crippen molar-refractivity contribution in [1.82, 2.24) is 14.9 Å². The third-order valence-electron chi connectivity index (χ3n) is 6.42. The summed E-state index contributed by atoms with van der Waals surface area (Å²) in [6.07, 6.45) is 4.98. The molecule has 1 fully saturated rings. The number of fused-ring (bicyclic) bond motifs is 4. The van der Waals surface area contributed by atoms with Crippen molar-refractivity contribution in [2.24, 2.45) is 0 Å². The zero-order chi connectivity index (χ0) is 20.1. The van der Waals surface area contributed by atoms with Crippen LogP contribution in [0, 0.1) is 6.92 Å². The van der Waals surface area contributed by atoms with Crippen LogP contribution in [0.15, 0.2) is 18.2 Å². The maximum atomic E-state index is 5.53. The molecule has 0 atom stereocenters. The number of thiophene rings is 1. The highest BCUT2D eigenvalue weighted by molar-refractivity contribution is 7.19. The minimum atomic E-state index is 0. The predicted octanol–water partition coefficient (Wildman–Crippen LogP) is 4.35. The van der Waals surface area contributed by atoms with Gasteiger partial charge in [-0.05, 0) is 55.9 Å². The van der Waals surface area contributed by atoms with E-state index in [9.17, 15) is 0 Å². The monoisotopic (exact) mass is 458 g/mol. The number of benzene rings is 1. The van der Waals surface area contributed by atoms with Gasteiger partial charge >= 0.3 is 0 Å². The topological polar surface area (TPSA) is 50.7 Å². The van der Waals surface area contributed by atoms with Crippen LogP contribution in [0.25, 0.3) is 10.2 Å². The second kappa shape index (κ2) is 8.45. The third kappa shape index (κ3) is 3.83. The summed E-state index contributed by atoms with van der Waals surface area (Å²) in [6.45, 7) is 7.36. The normalized spacial score (nSPS) is 18.2. The van der Waals surface area contributed by atoms with Crippen molar-refractivity contribution in [3.8, 4) is 11.5 Å². The van der Waals surface area contributed by atoms with E-state index in [0.29, 0.717) is 6.79 Å². The van der Waals surface area contributed by atoms with Crippen LogP contribution < -0.4 is 14.4 Å². The Hall–Kier alpha value is -2.09. The number of aromatic nitrogens is 2. The van der Waals surface area contributed by atoms with E-state index in [2.05, 4.69) is 21.9 Å². The molecule has 1 aromatic carbocycles. The highest BCUT2D eigenvalue weighted by Crippen LogP contribution is 2.40. The molecule has 4 heterocycles. The highest BCUT2D eigenvalue weighted by Gasteiger charge is 2.26. The van der Waals surface area contributed by atoms with Crippen LogP contribution >= 0.6 is 23.7 Å². The molecule has 0 spiro atoms. The van der Waals surface area contributed by atoms with Gasteiger partial charge in [-0.1, -0.05) is 6.07 Å². The number of anilines is 1. The number of rotatable bonds is 3. The Labute approximate surface area is 192 Å². The molecular formula is C23H27ClN4O2S. The lowest BCUT2D eigenvalue weighted by Crippen LogP contribution is -2.46. The molecule has 0 saturated carbocycles. The van der Waals surface area contributed by atoms with Crippen molar-refractivity contribution in [1.29, 1.82) is 0 Å². The van der Waals surface area contributed by atoms with Crippen LogP contribution in [-0.4, -0.2) is 47.8 Å². The molecule has 1 saturated heterocycles. The third-order valence-corrected chi connectivity index (χ3v) is 7.61. The molecule has 31 heavy (non-hydrogen) atoms. The molecule has 0 N–H and O–H groups in total. The first-order valence-electron chi connectivity index (χ1n) is 10.9. The van der Waals surface area contributed by atoms with Gasteiger partial charge in [-0.15, -0.1) is 23.7 Å². The molecule has 1 aliphatic carbocycles. The maximum Gasteiger partial charge on any atom is 0.231 e. The molecule has 3 aliphatic rings. The standard InChI is InChI=1S/C23H26N4O2S.ClH/c1-15-24-22(21-17-4-2-3-5-20(17)30-23(21)25-15)27-10-8-26(9-11-27)13-16-6-7-18-19(12-16)29-14-28-18;/h6-7,12H,2-5,8-11,13-14H2,1H3;1H. The number of halogens is 1. The fourth-order valence-corrected chi connectivity index (χ4v) is 6.19. The Balaban J connectivity index is 0.00000204. The summed E-state index contributed by atoms with van der Waals surface area (Å²) in [5, 5.41) is 1.34. The first-order valence-corrected chi connectivity index (χ1v) is 11.7. The number of nitrogens with zero attached hydrogens (tertiary/aromatic N) is 4. The summed E-state index contributed by atoms with van der Waals surface area (Å²) >= 11 is 1.89. The van der Waals surface area contributed by atoms with Gasteiger partial charge in [0.2, 0.25) is 6.79 Å². The Bertz CT molecular complexity index is 1110. The lowest BCUT2D eigenvalue weighted by atomic mass is 9.97. The van der Waals surface area contributed by atoms with Crippen molar-refractivity contribution in [3.05, 3.63) is 40.0 Å². The molecule has 0 radical (unpaired) electrons. The summed E-state index contributed by atoms with van der Waals surface area (Å²) in [4.78, 5) is 17.4. The largest absolute Gasteiger partial charge is 0.454 e. The van der Waals surface area contributed by atoms with E-state index in [1.165, 1.54) is 52.8 Å². The maximum absolute atomic E-state index is 5.53. The summed E-state index contributed by atoms with van der Waals surface area (Å²) < 4.78 is 11.0. The van der Waals surface area contributed by atoms with Gasteiger partial charge in [-0.3, -0.25) is 4.90 Å². The van der Waals surface area contributed by atoms with Crippen molar-refractivity contribution in [2.45, 2.75) is 39.2 Å². The van der Waals surface area contributed by atoms with Gasteiger partial charge in [0.25, 0.3) is 0 Å². The zero-order valence-corrected chi connectivity index (χ0v) is 19.4. The average molecular weight is 459 g/mol. The Morgan fingerprint density at radius 1 is 1.00 bits per heavy atom. The number of piperazine rings is 1. The van der Waals surface area contributed by atoms with Crippen molar-refractivity contribution >= 4 is 39.8 Å². The fourth-order valence-electron chi connectivity index (χ4n) is 4.89. The molecule has 3 aromatic rings. The van der Waals surface area contributed by atoms with Gasteiger partial charge in [0.1, 0.15) is 16.5 Å². The summed E-state index contributed by atoms with van der Waals surface area (Å²) in [7, 11) is 0. The summed E-state index contributed by atoms with van der Waals surface area (Å²) in [5.41, 5.74) is 2.80. The van der Waals surface area contributed by atoms with E-state index < -0.39 is 0 Å². The molecule has 6 rings (SSSR count). The van der Waals surface area contributed by atoms with Gasteiger partial charge in [0, 0.05) is 37.6 Å². The Morgan fingerprint density at radius 3 is 2.68 bits per heavy atom. The minimum Gasteiger partial charge on any atom is -0.454 e. The van der Waals surface area contributed by atoms with E-state index in [1.54, 1.807) is 4.88 Å². The number of aryl methyl sites for hydroxylation is 3. The lowest BCUT2D eigenvalue weighted by molar-refractivity contribution is 0.174. The van der Waals surface area contributed by atoms with Gasteiger partial charge < -0.3 is 14.4 Å². The smallest absolute Gasteiger partial charge is 0.231 e. The van der Waals surface area contributed by atoms with E-state index in [1.807, 2.05) is 24.3 Å². The SMILES string of the molecule is Cc1nc(N2CCN(Cc3ccc4c(c3)OCO4)CC2)c2c3c(sc2n1)CCCC3.Cl. The molecule has 0 unspecified atom stereocenters. The number of hydrogen-bond donors (Lipinski definition) is 0. The van der Waals surface area contributed by atoms with E-state index in [4.69, 9.17) is 19.4 Å². The molecule has 2 aromatic heterocycles. The van der Waals surface area contributed by atoms with Gasteiger partial charge in [-0.25, -0.2) is 9.97 Å². The van der Waals surface area contributed by atoms with Crippen molar-refractivity contribution in [3.63, 3.8) is 0 Å². The first kappa shape index (κ1) is 20.8. The van der Waals surface area contributed by atoms with Crippen LogP contribution in [0.4, 0.5) is 5.82 Å². The van der Waals surface area contributed by atoms with E-state index in [0.717, 1.165) is 50.0 Å². The molecular weight excluding hydrogens is 432 g/mol. The minimum absolute atomic E-state index is 0. The van der Waals surface area contributed by atoms with Gasteiger partial charge in [0.05, 0.1) is 5.39 Å². The lowest BCUT2D eigenvalue weighted by Gasteiger charge is -2.36. The Kier molecular flexibility index (Phi) is 5.67. The Morgan fingerprint density at radius 2 is 1.81 bits per heavy atom. The number of hydrogen-bond acceptors (Lipinski definition) is 7. The van der Waals surface area contributed by atoms with Crippen LogP contribution in [-0.2, 0) is 19.4 Å². The predicted molar refractivity (Wildman–Crippen MR) is 126 cm³/mol. The second-order valence-corrected chi connectivity index (χ2v) is 9.52. The average Bonchev–Trinajstić information content (AvgIpc) is 3.37. The van der Waals surface area contributed by atoms with E-state index >= 15 is 0 Å². The second-order valence-electron chi connectivity index (χ2n) is 8.44. The molecule has 164 valence electrons. The van der Waals surface area contributed by atoms with Crippen LogP contribution in [0.1, 0.15) is 34.7 Å². The molecule has 0 bridgehead atoms. The van der Waals surface area contributed by atoms with Crippen LogP contribution in [0.2, 0.25) is 0 Å². The molecule has 6 nitrogen and oxygen atoms in total. The van der Waals surface area contributed by atoms with Gasteiger partial charge in [0.15, 0.2) is 11.5 Å². The van der Waals surface area contributed by atoms with E-state index in [-0.39, 0.29) is 12.4 Å². The zero-order valence-electron chi connectivity index (χ0n) is 17.7. The van der Waals surface area contributed by atoms with Crippen molar-refractivity contribution < 1.29 is 9.47 Å². The highest BCUT2D eigenvalue weighted by atomic mass is 35.5.